The van der Waals surface area contributed by atoms with Gasteiger partial charge in [-0.25, -0.2) is 4.99 Å². The molecule has 10 heteroatoms. The number of hydrogen-bond donors (Lipinski definition) is 2. The van der Waals surface area contributed by atoms with Crippen molar-refractivity contribution in [3.63, 3.8) is 0 Å². The maximum absolute atomic E-state index is 12.5. The fourth-order valence-electron chi connectivity index (χ4n) is 2.59. The zero-order valence-electron chi connectivity index (χ0n) is 14.4. The molecule has 1 heterocycles. The van der Waals surface area contributed by atoms with Crippen molar-refractivity contribution in [2.75, 3.05) is 13.1 Å². The van der Waals surface area contributed by atoms with Crippen molar-refractivity contribution in [3.8, 4) is 0 Å². The Morgan fingerprint density at radius 3 is 2.35 bits per heavy atom. The van der Waals surface area contributed by atoms with Gasteiger partial charge in [0.25, 0.3) is 0 Å². The van der Waals surface area contributed by atoms with Gasteiger partial charge in [0.2, 0.25) is 5.96 Å². The fourth-order valence-corrected chi connectivity index (χ4v) is 2.59. The molecule has 1 unspecified atom stereocenters. The molecular formula is C16H24Cl2F3N5. The Labute approximate surface area is 163 Å². The molecule has 0 saturated carbocycles. The van der Waals surface area contributed by atoms with Gasteiger partial charge < -0.3 is 16.4 Å². The molecule has 1 aromatic carbocycles. The molecule has 5 nitrogen and oxygen atoms in total. The summed E-state index contributed by atoms with van der Waals surface area (Å²) in [7, 11) is 0. The van der Waals surface area contributed by atoms with Crippen molar-refractivity contribution in [2.24, 2.45) is 27.4 Å². The first-order chi connectivity index (χ1) is 11.3. The third-order valence-electron chi connectivity index (χ3n) is 3.92. The van der Waals surface area contributed by atoms with Gasteiger partial charge in [-0.15, -0.1) is 24.8 Å². The second-order valence-electron chi connectivity index (χ2n) is 6.03. The number of aliphatic imine (C=N–C) groups is 2. The van der Waals surface area contributed by atoms with Crippen molar-refractivity contribution in [1.29, 1.82) is 0 Å². The molecule has 1 atom stereocenters. The van der Waals surface area contributed by atoms with Gasteiger partial charge in [0.1, 0.15) is 0 Å². The van der Waals surface area contributed by atoms with Gasteiger partial charge in [0.05, 0.1) is 12.1 Å². The molecule has 0 aromatic heterocycles. The van der Waals surface area contributed by atoms with Gasteiger partial charge >= 0.3 is 6.18 Å². The lowest BCUT2D eigenvalue weighted by molar-refractivity contribution is -0.137. The zero-order valence-corrected chi connectivity index (χ0v) is 16.0. The lowest BCUT2D eigenvalue weighted by atomic mass is 10.0. The minimum Gasteiger partial charge on any atom is -0.369 e. The highest BCUT2D eigenvalue weighted by Gasteiger charge is 2.29. The highest BCUT2D eigenvalue weighted by Crippen LogP contribution is 2.29. The Balaban J connectivity index is 0.00000312. The summed E-state index contributed by atoms with van der Waals surface area (Å²) in [6.07, 6.45) is -2.12. The van der Waals surface area contributed by atoms with Crippen molar-refractivity contribution < 1.29 is 13.2 Å². The molecule has 1 fully saturated rings. The summed E-state index contributed by atoms with van der Waals surface area (Å²) in [5.41, 5.74) is 11.6. The largest absolute Gasteiger partial charge is 0.416 e. The summed E-state index contributed by atoms with van der Waals surface area (Å²) >= 11 is 0. The van der Waals surface area contributed by atoms with E-state index < -0.39 is 11.7 Å². The van der Waals surface area contributed by atoms with Gasteiger partial charge in [-0.3, -0.25) is 0 Å². The minimum absolute atomic E-state index is 0. The number of rotatable bonds is 2. The number of guanidine groups is 2. The molecule has 148 valence electrons. The average Bonchev–Trinajstić information content (AvgIpc) is 2.52. The van der Waals surface area contributed by atoms with Crippen LogP contribution >= 0.6 is 24.8 Å². The molecule has 2 rings (SSSR count). The number of benzene rings is 1. The second-order valence-corrected chi connectivity index (χ2v) is 6.03. The van der Waals surface area contributed by atoms with Crippen LogP contribution in [0.2, 0.25) is 0 Å². The third-order valence-corrected chi connectivity index (χ3v) is 3.92. The molecule has 0 bridgehead atoms. The predicted octanol–water partition coefficient (Wildman–Crippen LogP) is 3.41. The van der Waals surface area contributed by atoms with E-state index in [-0.39, 0.29) is 37.3 Å². The first-order valence-corrected chi connectivity index (χ1v) is 7.81. The molecule has 1 aromatic rings. The van der Waals surface area contributed by atoms with Crippen molar-refractivity contribution in [2.45, 2.75) is 32.5 Å². The zero-order chi connectivity index (χ0) is 17.7. The lowest BCUT2D eigenvalue weighted by Gasteiger charge is -2.31. The first kappa shape index (κ1) is 24.3. The topological polar surface area (TPSA) is 80.0 Å². The standard InChI is InChI=1S/C16H22F3N5.2ClH/c1-11-3-2-8-24(10-11)15(21)23-14(20)22-9-12-4-6-13(7-5-12)16(17,18)19;;/h4-7,11H,2-3,8-10H2,1H3,(H4,20,21,22,23);2*1H. The molecule has 26 heavy (non-hydrogen) atoms. The fraction of sp³-hybridized carbons (Fsp3) is 0.500. The Kier molecular flexibility index (Phi) is 9.80. The van der Waals surface area contributed by atoms with Crippen molar-refractivity contribution in [3.05, 3.63) is 35.4 Å². The van der Waals surface area contributed by atoms with Gasteiger partial charge in [-0.2, -0.15) is 18.2 Å². The van der Waals surface area contributed by atoms with Crippen LogP contribution in [0.4, 0.5) is 13.2 Å². The number of halogens is 5. The maximum Gasteiger partial charge on any atom is 0.416 e. The molecule has 0 amide bonds. The number of likely N-dealkylation sites (tertiary alicyclic amines) is 1. The van der Waals surface area contributed by atoms with E-state index in [9.17, 15) is 13.2 Å². The van der Waals surface area contributed by atoms with E-state index >= 15 is 0 Å². The van der Waals surface area contributed by atoms with Crippen LogP contribution in [0.3, 0.4) is 0 Å². The maximum atomic E-state index is 12.5. The lowest BCUT2D eigenvalue weighted by Crippen LogP contribution is -2.44. The van der Waals surface area contributed by atoms with Crippen LogP contribution in [-0.2, 0) is 12.7 Å². The third kappa shape index (κ3) is 7.29. The van der Waals surface area contributed by atoms with Crippen LogP contribution in [0.15, 0.2) is 34.3 Å². The quantitative estimate of drug-likeness (QED) is 0.575. The first-order valence-electron chi connectivity index (χ1n) is 7.81. The van der Waals surface area contributed by atoms with Crippen LogP contribution in [0, 0.1) is 5.92 Å². The molecule has 4 N–H and O–H groups in total. The summed E-state index contributed by atoms with van der Waals surface area (Å²) < 4.78 is 37.5. The van der Waals surface area contributed by atoms with E-state index in [2.05, 4.69) is 16.9 Å². The van der Waals surface area contributed by atoms with E-state index in [0.717, 1.165) is 31.6 Å². The van der Waals surface area contributed by atoms with Crippen molar-refractivity contribution in [1.82, 2.24) is 4.90 Å². The molecule has 1 aliphatic rings. The summed E-state index contributed by atoms with van der Waals surface area (Å²) in [5, 5.41) is 0. The summed E-state index contributed by atoms with van der Waals surface area (Å²) in [4.78, 5) is 10.1. The molecule has 0 radical (unpaired) electrons. The monoisotopic (exact) mass is 413 g/mol. The molecule has 0 spiro atoms. The van der Waals surface area contributed by atoms with Gasteiger partial charge in [0.15, 0.2) is 5.96 Å². The molecule has 1 saturated heterocycles. The number of nitrogens with zero attached hydrogens (tertiary/aromatic N) is 3. The number of nitrogens with two attached hydrogens (primary N) is 2. The SMILES string of the molecule is CC1CCCN(/C(N)=N/C(N)=NCc2ccc(C(F)(F)F)cc2)C1.Cl.Cl. The highest BCUT2D eigenvalue weighted by molar-refractivity contribution is 5.93. The van der Waals surface area contributed by atoms with Gasteiger partial charge in [0, 0.05) is 13.1 Å². The van der Waals surface area contributed by atoms with Crippen LogP contribution in [0.1, 0.15) is 30.9 Å². The van der Waals surface area contributed by atoms with Crippen LogP contribution in [0.5, 0.6) is 0 Å². The average molecular weight is 414 g/mol. The summed E-state index contributed by atoms with van der Waals surface area (Å²) in [5.74, 6) is 0.902. The predicted molar refractivity (Wildman–Crippen MR) is 103 cm³/mol. The molecule has 1 aliphatic heterocycles. The summed E-state index contributed by atoms with van der Waals surface area (Å²) in [6.45, 7) is 3.98. The van der Waals surface area contributed by atoms with E-state index in [1.807, 2.05) is 4.90 Å². The Hall–Kier alpha value is -1.67. The van der Waals surface area contributed by atoms with Crippen molar-refractivity contribution >= 4 is 36.7 Å². The van der Waals surface area contributed by atoms with E-state index in [0.29, 0.717) is 17.4 Å². The Morgan fingerprint density at radius 2 is 1.81 bits per heavy atom. The number of alkyl halides is 3. The smallest absolute Gasteiger partial charge is 0.369 e. The number of hydrogen-bond acceptors (Lipinski definition) is 1. The highest BCUT2D eigenvalue weighted by atomic mass is 35.5. The van der Waals surface area contributed by atoms with Gasteiger partial charge in [-0.05, 0) is 36.5 Å². The normalized spacial score (nSPS) is 18.8. The Morgan fingerprint density at radius 1 is 1.19 bits per heavy atom. The van der Waals surface area contributed by atoms with Crippen LogP contribution in [-0.4, -0.2) is 29.9 Å². The van der Waals surface area contributed by atoms with Gasteiger partial charge in [-0.1, -0.05) is 19.1 Å². The van der Waals surface area contributed by atoms with E-state index in [1.54, 1.807) is 0 Å². The summed E-state index contributed by atoms with van der Waals surface area (Å²) in [6, 6.07) is 4.79. The molecule has 0 aliphatic carbocycles. The van der Waals surface area contributed by atoms with Crippen LogP contribution < -0.4 is 11.5 Å². The second kappa shape index (κ2) is 10.5. The van der Waals surface area contributed by atoms with Crippen LogP contribution in [0.25, 0.3) is 0 Å². The van der Waals surface area contributed by atoms with E-state index in [4.69, 9.17) is 11.5 Å². The molecular weight excluding hydrogens is 390 g/mol. The Bertz CT molecular complexity index is 617. The number of piperidine rings is 1. The minimum atomic E-state index is -4.34. The van der Waals surface area contributed by atoms with E-state index in [1.165, 1.54) is 18.6 Å².